The van der Waals surface area contributed by atoms with Gasteiger partial charge in [-0.1, -0.05) is 30.3 Å². The molecule has 1 saturated heterocycles. The first-order valence-electron chi connectivity index (χ1n) is 10.1. The molecule has 0 unspecified atom stereocenters. The average Bonchev–Trinajstić information content (AvgIpc) is 3.15. The number of nitrogens with zero attached hydrogens (tertiary/aromatic N) is 1. The van der Waals surface area contributed by atoms with Crippen molar-refractivity contribution in [2.24, 2.45) is 0 Å². The number of anilines is 1. The van der Waals surface area contributed by atoms with Crippen LogP contribution in [0, 0.1) is 6.92 Å². The van der Waals surface area contributed by atoms with E-state index in [4.69, 9.17) is 0 Å². The summed E-state index contributed by atoms with van der Waals surface area (Å²) in [5, 5.41) is 6.01. The van der Waals surface area contributed by atoms with Gasteiger partial charge in [0.1, 0.15) is 0 Å². The molecule has 5 heteroatoms. The molecule has 2 aromatic rings. The third-order valence-electron chi connectivity index (χ3n) is 5.94. The number of carbonyl (C=O) groups excluding carboxylic acids is 2. The van der Waals surface area contributed by atoms with E-state index in [2.05, 4.69) is 41.0 Å². The van der Waals surface area contributed by atoms with Crippen LogP contribution < -0.4 is 15.5 Å². The average molecular weight is 377 g/mol. The minimum atomic E-state index is -0.0736. The van der Waals surface area contributed by atoms with E-state index in [1.54, 1.807) is 4.90 Å². The number of benzene rings is 2. The summed E-state index contributed by atoms with van der Waals surface area (Å²) in [4.78, 5) is 26.3. The highest BCUT2D eigenvalue weighted by Gasteiger charge is 2.25. The number of hydrogen-bond acceptors (Lipinski definition) is 2. The number of urea groups is 1. The zero-order chi connectivity index (χ0) is 19.5. The SMILES string of the molecule is Cc1cc(C(=O)NC2CCC(c3ccccc3)CC2)ccc1N1CCNC1=O. The molecule has 1 aliphatic carbocycles. The summed E-state index contributed by atoms with van der Waals surface area (Å²) >= 11 is 0. The van der Waals surface area contributed by atoms with Crippen molar-refractivity contribution in [3.8, 4) is 0 Å². The predicted molar refractivity (Wildman–Crippen MR) is 111 cm³/mol. The molecule has 5 nitrogen and oxygen atoms in total. The molecule has 4 rings (SSSR count). The van der Waals surface area contributed by atoms with E-state index in [9.17, 15) is 9.59 Å². The molecular weight excluding hydrogens is 350 g/mol. The van der Waals surface area contributed by atoms with E-state index >= 15 is 0 Å². The molecule has 0 atom stereocenters. The van der Waals surface area contributed by atoms with Crippen molar-refractivity contribution in [2.75, 3.05) is 18.0 Å². The first-order valence-corrected chi connectivity index (χ1v) is 10.1. The van der Waals surface area contributed by atoms with Gasteiger partial charge in [-0.25, -0.2) is 4.79 Å². The molecule has 1 saturated carbocycles. The maximum absolute atomic E-state index is 12.7. The fourth-order valence-electron chi connectivity index (χ4n) is 4.37. The Hall–Kier alpha value is -2.82. The van der Waals surface area contributed by atoms with Crippen molar-refractivity contribution in [1.29, 1.82) is 0 Å². The van der Waals surface area contributed by atoms with Crippen LogP contribution >= 0.6 is 0 Å². The molecule has 2 fully saturated rings. The van der Waals surface area contributed by atoms with Gasteiger partial charge in [0.25, 0.3) is 5.91 Å². The van der Waals surface area contributed by atoms with Gasteiger partial charge in [0.05, 0.1) is 0 Å². The van der Waals surface area contributed by atoms with Gasteiger partial charge < -0.3 is 10.6 Å². The Morgan fingerprint density at radius 2 is 1.82 bits per heavy atom. The van der Waals surface area contributed by atoms with Crippen LogP contribution in [0.3, 0.4) is 0 Å². The monoisotopic (exact) mass is 377 g/mol. The molecule has 3 amide bonds. The molecular formula is C23H27N3O2. The first-order chi connectivity index (χ1) is 13.6. The highest BCUT2D eigenvalue weighted by Crippen LogP contribution is 2.33. The molecule has 2 aliphatic rings. The molecule has 146 valence electrons. The number of aryl methyl sites for hydroxylation is 1. The van der Waals surface area contributed by atoms with Crippen molar-refractivity contribution in [3.63, 3.8) is 0 Å². The Balaban J connectivity index is 1.35. The minimum absolute atomic E-state index is 0.0244. The summed E-state index contributed by atoms with van der Waals surface area (Å²) < 4.78 is 0. The van der Waals surface area contributed by atoms with Crippen LogP contribution in [-0.2, 0) is 0 Å². The number of rotatable bonds is 4. The predicted octanol–water partition coefficient (Wildman–Crippen LogP) is 3.98. The maximum atomic E-state index is 12.7. The molecule has 1 heterocycles. The highest BCUT2D eigenvalue weighted by molar-refractivity contribution is 5.98. The molecule has 0 aromatic heterocycles. The molecule has 2 aromatic carbocycles. The van der Waals surface area contributed by atoms with Crippen molar-refractivity contribution in [3.05, 3.63) is 65.2 Å². The van der Waals surface area contributed by atoms with Crippen LogP contribution in [0.5, 0.6) is 0 Å². The van der Waals surface area contributed by atoms with Gasteiger partial charge >= 0.3 is 6.03 Å². The third-order valence-corrected chi connectivity index (χ3v) is 5.94. The first kappa shape index (κ1) is 18.5. The van der Waals surface area contributed by atoms with E-state index in [1.807, 2.05) is 25.1 Å². The lowest BCUT2D eigenvalue weighted by Gasteiger charge is -2.29. The van der Waals surface area contributed by atoms with Gasteiger partial charge in [-0.2, -0.15) is 0 Å². The largest absolute Gasteiger partial charge is 0.349 e. The second-order valence-corrected chi connectivity index (χ2v) is 7.82. The van der Waals surface area contributed by atoms with Gasteiger partial charge in [-0.15, -0.1) is 0 Å². The normalized spacial score (nSPS) is 22.0. The summed E-state index contributed by atoms with van der Waals surface area (Å²) in [6, 6.07) is 16.4. The zero-order valence-corrected chi connectivity index (χ0v) is 16.3. The van der Waals surface area contributed by atoms with Crippen LogP contribution in [-0.4, -0.2) is 31.1 Å². The van der Waals surface area contributed by atoms with E-state index < -0.39 is 0 Å². The smallest absolute Gasteiger partial charge is 0.322 e. The summed E-state index contributed by atoms with van der Waals surface area (Å²) in [6.07, 6.45) is 4.24. The zero-order valence-electron chi connectivity index (χ0n) is 16.3. The number of nitrogens with one attached hydrogen (secondary N) is 2. The van der Waals surface area contributed by atoms with Crippen molar-refractivity contribution in [2.45, 2.75) is 44.6 Å². The third kappa shape index (κ3) is 3.88. The number of amides is 3. The summed E-state index contributed by atoms with van der Waals surface area (Å²) in [5.74, 6) is 0.575. The number of carbonyl (C=O) groups is 2. The van der Waals surface area contributed by atoms with Gasteiger partial charge in [-0.3, -0.25) is 9.69 Å². The number of hydrogen-bond donors (Lipinski definition) is 2. The van der Waals surface area contributed by atoms with Gasteiger partial charge in [0, 0.05) is 30.4 Å². The van der Waals surface area contributed by atoms with Crippen molar-refractivity contribution < 1.29 is 9.59 Å². The molecule has 28 heavy (non-hydrogen) atoms. The minimum Gasteiger partial charge on any atom is -0.349 e. The molecule has 0 spiro atoms. The van der Waals surface area contributed by atoms with Crippen molar-refractivity contribution >= 4 is 17.6 Å². The lowest BCUT2D eigenvalue weighted by atomic mass is 9.82. The van der Waals surface area contributed by atoms with Gasteiger partial charge in [0.2, 0.25) is 0 Å². The second kappa shape index (κ2) is 8.05. The Morgan fingerprint density at radius 3 is 2.46 bits per heavy atom. The van der Waals surface area contributed by atoms with Crippen LogP contribution in [0.25, 0.3) is 0 Å². The van der Waals surface area contributed by atoms with E-state index in [0.29, 0.717) is 24.6 Å². The van der Waals surface area contributed by atoms with E-state index in [1.165, 1.54) is 5.56 Å². The topological polar surface area (TPSA) is 61.4 Å². The van der Waals surface area contributed by atoms with Crippen LogP contribution in [0.4, 0.5) is 10.5 Å². The van der Waals surface area contributed by atoms with E-state index in [-0.39, 0.29) is 18.0 Å². The summed E-state index contributed by atoms with van der Waals surface area (Å²) in [5.41, 5.74) is 3.88. The van der Waals surface area contributed by atoms with E-state index in [0.717, 1.165) is 36.9 Å². The second-order valence-electron chi connectivity index (χ2n) is 7.82. The van der Waals surface area contributed by atoms with Crippen LogP contribution in [0.1, 0.15) is 53.1 Å². The molecule has 0 bridgehead atoms. The Bertz CT molecular complexity index is 857. The van der Waals surface area contributed by atoms with Crippen LogP contribution in [0.2, 0.25) is 0 Å². The Labute approximate surface area is 166 Å². The fraction of sp³-hybridized carbons (Fsp3) is 0.391. The van der Waals surface area contributed by atoms with Crippen molar-refractivity contribution in [1.82, 2.24) is 10.6 Å². The molecule has 0 radical (unpaired) electrons. The highest BCUT2D eigenvalue weighted by atomic mass is 16.2. The maximum Gasteiger partial charge on any atom is 0.322 e. The quantitative estimate of drug-likeness (QED) is 0.847. The fourth-order valence-corrected chi connectivity index (χ4v) is 4.37. The standard InChI is InChI=1S/C23H27N3O2/c1-16-15-19(9-12-21(16)26-14-13-24-23(26)28)22(27)25-20-10-7-18(8-11-20)17-5-3-2-4-6-17/h2-6,9,12,15,18,20H,7-8,10-11,13-14H2,1H3,(H,24,28)(H,25,27). The summed E-state index contributed by atoms with van der Waals surface area (Å²) in [7, 11) is 0. The molecule has 1 aliphatic heterocycles. The Kier molecular flexibility index (Phi) is 5.33. The lowest BCUT2D eigenvalue weighted by Crippen LogP contribution is -2.37. The van der Waals surface area contributed by atoms with Gasteiger partial charge in [0.15, 0.2) is 0 Å². The molecule has 2 N–H and O–H groups in total. The summed E-state index contributed by atoms with van der Waals surface area (Å²) in [6.45, 7) is 3.27. The lowest BCUT2D eigenvalue weighted by molar-refractivity contribution is 0.0925. The van der Waals surface area contributed by atoms with Crippen LogP contribution in [0.15, 0.2) is 48.5 Å². The Morgan fingerprint density at radius 1 is 1.07 bits per heavy atom. The van der Waals surface area contributed by atoms with Gasteiger partial charge in [-0.05, 0) is 67.9 Å².